The van der Waals surface area contributed by atoms with Crippen molar-refractivity contribution in [1.82, 2.24) is 5.32 Å². The minimum Gasteiger partial charge on any atom is -0.394 e. The van der Waals surface area contributed by atoms with Gasteiger partial charge in [0.15, 0.2) is 0 Å². The van der Waals surface area contributed by atoms with E-state index in [2.05, 4.69) is 43.5 Å². The molecule has 0 rings (SSSR count). The molecular formula is C43H81NO4. The van der Waals surface area contributed by atoms with Gasteiger partial charge in [0.05, 0.1) is 18.8 Å². The van der Waals surface area contributed by atoms with Gasteiger partial charge in [0.25, 0.3) is 0 Å². The van der Waals surface area contributed by atoms with E-state index < -0.39 is 24.2 Å². The van der Waals surface area contributed by atoms with Gasteiger partial charge in [-0.15, -0.1) is 0 Å². The third kappa shape index (κ3) is 33.1. The summed E-state index contributed by atoms with van der Waals surface area (Å²) in [6.07, 6.45) is 47.6. The summed E-state index contributed by atoms with van der Waals surface area (Å²) in [6, 6.07) is -0.816. The number of rotatable bonds is 37. The van der Waals surface area contributed by atoms with Gasteiger partial charge < -0.3 is 20.6 Å². The van der Waals surface area contributed by atoms with Gasteiger partial charge in [0, 0.05) is 0 Å². The largest absolute Gasteiger partial charge is 0.394 e. The van der Waals surface area contributed by atoms with Crippen molar-refractivity contribution in [2.24, 2.45) is 0 Å². The number of allylic oxidation sites excluding steroid dienone is 5. The maximum absolute atomic E-state index is 12.4. The van der Waals surface area contributed by atoms with Crippen molar-refractivity contribution >= 4 is 5.91 Å². The molecule has 282 valence electrons. The summed E-state index contributed by atoms with van der Waals surface area (Å²) >= 11 is 0. The molecule has 1 amide bonds. The zero-order valence-corrected chi connectivity index (χ0v) is 31.9. The number of amides is 1. The Kier molecular flexibility index (Phi) is 37.2. The van der Waals surface area contributed by atoms with E-state index in [0.717, 1.165) is 51.4 Å². The number of unbranched alkanes of at least 4 members (excludes halogenated alkanes) is 25. The van der Waals surface area contributed by atoms with Crippen LogP contribution in [0.3, 0.4) is 0 Å². The van der Waals surface area contributed by atoms with E-state index in [1.54, 1.807) is 6.08 Å². The Morgan fingerprint density at radius 2 is 0.854 bits per heavy atom. The monoisotopic (exact) mass is 676 g/mol. The summed E-state index contributed by atoms with van der Waals surface area (Å²) < 4.78 is 0. The minimum atomic E-state index is -1.10. The third-order valence-electron chi connectivity index (χ3n) is 9.44. The fourth-order valence-corrected chi connectivity index (χ4v) is 6.17. The van der Waals surface area contributed by atoms with E-state index in [9.17, 15) is 20.1 Å². The van der Waals surface area contributed by atoms with Crippen LogP contribution in [0.4, 0.5) is 0 Å². The van der Waals surface area contributed by atoms with E-state index in [1.807, 2.05) is 6.08 Å². The molecule has 0 aliphatic rings. The predicted octanol–water partition coefficient (Wildman–Crippen LogP) is 11.6. The standard InChI is InChI=1S/C43H81NO4/c1-3-5-7-9-11-13-15-16-17-18-19-20-21-22-23-24-25-26-28-30-32-34-36-38-42(47)43(48)44-40(39-45)41(46)37-35-33-31-29-27-14-12-10-8-6-4-2/h8,10,27,29,35,37,40-42,45-47H,3-7,9,11-26,28,30-34,36,38-39H2,1-2H3,(H,44,48)/b10-8+,29-27+,37-35+. The lowest BCUT2D eigenvalue weighted by Crippen LogP contribution is -2.48. The van der Waals surface area contributed by atoms with Crippen molar-refractivity contribution < 1.29 is 20.1 Å². The fourth-order valence-electron chi connectivity index (χ4n) is 6.17. The van der Waals surface area contributed by atoms with E-state index >= 15 is 0 Å². The molecule has 4 N–H and O–H groups in total. The van der Waals surface area contributed by atoms with Crippen LogP contribution in [0.2, 0.25) is 0 Å². The molecule has 0 bridgehead atoms. The van der Waals surface area contributed by atoms with Crippen LogP contribution < -0.4 is 5.32 Å². The van der Waals surface area contributed by atoms with Gasteiger partial charge >= 0.3 is 0 Å². The first-order valence-corrected chi connectivity index (χ1v) is 20.8. The van der Waals surface area contributed by atoms with Crippen molar-refractivity contribution in [2.75, 3.05) is 6.61 Å². The average molecular weight is 676 g/mol. The zero-order chi connectivity index (χ0) is 35.2. The lowest BCUT2D eigenvalue weighted by molar-refractivity contribution is -0.131. The Labute approximate surface area is 298 Å². The highest BCUT2D eigenvalue weighted by Gasteiger charge is 2.22. The molecule has 0 aliphatic carbocycles. The zero-order valence-electron chi connectivity index (χ0n) is 31.9. The van der Waals surface area contributed by atoms with Crippen LogP contribution in [0, 0.1) is 0 Å². The third-order valence-corrected chi connectivity index (χ3v) is 9.44. The molecule has 5 heteroatoms. The molecule has 0 radical (unpaired) electrons. The number of carbonyl (C=O) groups excluding carboxylic acids is 1. The van der Waals surface area contributed by atoms with Gasteiger partial charge in [-0.2, -0.15) is 0 Å². The fraction of sp³-hybridized carbons (Fsp3) is 0.837. The second kappa shape index (κ2) is 38.4. The summed E-state index contributed by atoms with van der Waals surface area (Å²) in [5, 5.41) is 32.9. The lowest BCUT2D eigenvalue weighted by Gasteiger charge is -2.21. The summed E-state index contributed by atoms with van der Waals surface area (Å²) in [5.74, 6) is -0.517. The number of aliphatic hydroxyl groups excluding tert-OH is 3. The first-order chi connectivity index (χ1) is 23.6. The van der Waals surface area contributed by atoms with E-state index in [0.29, 0.717) is 6.42 Å². The highest BCUT2D eigenvalue weighted by atomic mass is 16.3. The molecule has 0 saturated carbocycles. The van der Waals surface area contributed by atoms with Crippen LogP contribution >= 0.6 is 0 Å². The molecule has 0 saturated heterocycles. The molecule has 0 heterocycles. The van der Waals surface area contributed by atoms with Crippen molar-refractivity contribution in [3.63, 3.8) is 0 Å². The van der Waals surface area contributed by atoms with Gasteiger partial charge in [0.1, 0.15) is 6.10 Å². The van der Waals surface area contributed by atoms with Crippen LogP contribution in [0.25, 0.3) is 0 Å². The summed E-state index contributed by atoms with van der Waals surface area (Å²) in [7, 11) is 0. The number of aliphatic hydroxyl groups is 3. The molecule has 0 aromatic carbocycles. The van der Waals surface area contributed by atoms with Crippen LogP contribution in [-0.4, -0.2) is 46.1 Å². The van der Waals surface area contributed by atoms with Crippen LogP contribution in [-0.2, 0) is 4.79 Å². The highest BCUT2D eigenvalue weighted by molar-refractivity contribution is 5.80. The number of nitrogens with one attached hydrogen (secondary N) is 1. The van der Waals surface area contributed by atoms with Gasteiger partial charge in [-0.3, -0.25) is 4.79 Å². The maximum atomic E-state index is 12.4. The first-order valence-electron chi connectivity index (χ1n) is 20.8. The molecule has 0 aromatic heterocycles. The Bertz CT molecular complexity index is 749. The Balaban J connectivity index is 3.62. The molecule has 48 heavy (non-hydrogen) atoms. The van der Waals surface area contributed by atoms with Crippen LogP contribution in [0.1, 0.15) is 206 Å². The van der Waals surface area contributed by atoms with Crippen molar-refractivity contribution in [3.05, 3.63) is 36.5 Å². The topological polar surface area (TPSA) is 89.8 Å². The van der Waals surface area contributed by atoms with Gasteiger partial charge in [-0.05, 0) is 38.5 Å². The Morgan fingerprint density at radius 3 is 1.23 bits per heavy atom. The molecule has 5 nitrogen and oxygen atoms in total. The van der Waals surface area contributed by atoms with Crippen molar-refractivity contribution in [2.45, 2.75) is 225 Å². The number of carbonyl (C=O) groups is 1. The molecule has 0 spiro atoms. The lowest BCUT2D eigenvalue weighted by atomic mass is 10.0. The smallest absolute Gasteiger partial charge is 0.249 e. The van der Waals surface area contributed by atoms with E-state index in [-0.39, 0.29) is 6.61 Å². The van der Waals surface area contributed by atoms with Gasteiger partial charge in [-0.25, -0.2) is 0 Å². The number of hydrogen-bond acceptors (Lipinski definition) is 4. The van der Waals surface area contributed by atoms with Gasteiger partial charge in [0.2, 0.25) is 5.91 Å². The predicted molar refractivity (Wildman–Crippen MR) is 208 cm³/mol. The minimum absolute atomic E-state index is 0.380. The van der Waals surface area contributed by atoms with E-state index in [1.165, 1.54) is 135 Å². The quantitative estimate of drug-likeness (QED) is 0.0390. The molecule has 0 aliphatic heterocycles. The molecule has 3 atom stereocenters. The second-order valence-electron chi connectivity index (χ2n) is 14.2. The molecule has 3 unspecified atom stereocenters. The van der Waals surface area contributed by atoms with Crippen LogP contribution in [0.15, 0.2) is 36.5 Å². The Morgan fingerprint density at radius 1 is 0.500 bits per heavy atom. The number of hydrogen-bond donors (Lipinski definition) is 4. The molecule has 0 aromatic rings. The summed E-state index contributed by atoms with van der Waals surface area (Å²) in [6.45, 7) is 4.09. The Hall–Kier alpha value is -1.43. The van der Waals surface area contributed by atoms with Crippen LogP contribution in [0.5, 0.6) is 0 Å². The summed E-state index contributed by atoms with van der Waals surface area (Å²) in [5.41, 5.74) is 0. The van der Waals surface area contributed by atoms with Gasteiger partial charge in [-0.1, -0.05) is 204 Å². The first kappa shape index (κ1) is 46.6. The second-order valence-corrected chi connectivity index (χ2v) is 14.2. The average Bonchev–Trinajstić information content (AvgIpc) is 3.09. The normalized spacial score (nSPS) is 14.0. The van der Waals surface area contributed by atoms with E-state index in [4.69, 9.17) is 0 Å². The SMILES string of the molecule is CCC/C=C/CC/C=C/CC/C=C/C(O)C(CO)NC(=O)C(O)CCCCCCCCCCCCCCCCCCCCCCCCC. The maximum Gasteiger partial charge on any atom is 0.249 e. The highest BCUT2D eigenvalue weighted by Crippen LogP contribution is 2.16. The van der Waals surface area contributed by atoms with Crippen molar-refractivity contribution in [3.8, 4) is 0 Å². The molecular weight excluding hydrogens is 594 g/mol. The van der Waals surface area contributed by atoms with Crippen molar-refractivity contribution in [1.29, 1.82) is 0 Å². The summed E-state index contributed by atoms with van der Waals surface area (Å²) in [4.78, 5) is 12.4. The molecule has 0 fully saturated rings.